The molecule has 1 amide bonds. The third-order valence-electron chi connectivity index (χ3n) is 6.25. The topological polar surface area (TPSA) is 114 Å². The van der Waals surface area contributed by atoms with E-state index in [0.717, 1.165) is 11.3 Å². The highest BCUT2D eigenvalue weighted by atomic mass is 35.5. The van der Waals surface area contributed by atoms with Crippen molar-refractivity contribution in [3.05, 3.63) is 82.0 Å². The first-order chi connectivity index (χ1) is 17.5. The third kappa shape index (κ3) is 3.88. The molecule has 1 saturated heterocycles. The number of fused-ring (bicyclic) bond motifs is 1. The first-order valence-electron chi connectivity index (χ1n) is 11.4. The normalized spacial score (nSPS) is 21.3. The Balaban J connectivity index is 1.82. The van der Waals surface area contributed by atoms with Crippen molar-refractivity contribution in [3.8, 4) is 23.0 Å². The predicted octanol–water partition coefficient (Wildman–Crippen LogP) is 4.06. The molecule has 8 nitrogen and oxygen atoms in total. The molecule has 3 atom stereocenters. The Kier molecular flexibility index (Phi) is 6.58. The highest BCUT2D eigenvalue weighted by Crippen LogP contribution is 2.51. The first kappa shape index (κ1) is 24.1. The molecule has 5 rings (SSSR count). The zero-order valence-corrected chi connectivity index (χ0v) is 20.9. The number of halogens is 1. The summed E-state index contributed by atoms with van der Waals surface area (Å²) in [6.45, 7) is 1.84. The second kappa shape index (κ2) is 9.82. The fraction of sp³-hybridized carbons (Fsp3) is 0.231. The summed E-state index contributed by atoms with van der Waals surface area (Å²) in [5.74, 6) is -2.57. The number of carbonyl (C=O) groups excluding carboxylic acids is 2. The van der Waals surface area contributed by atoms with Crippen LogP contribution in [0.5, 0.6) is 0 Å². The fourth-order valence-electron chi connectivity index (χ4n) is 4.69. The van der Waals surface area contributed by atoms with Crippen LogP contribution in [0.2, 0.25) is 5.15 Å². The number of nitriles is 1. The minimum Gasteiger partial charge on any atom is -0.463 e. The Morgan fingerprint density at radius 3 is 2.53 bits per heavy atom. The first-order valence-corrected chi connectivity index (χ1v) is 12.7. The van der Waals surface area contributed by atoms with Gasteiger partial charge in [-0.15, -0.1) is 0 Å². The van der Waals surface area contributed by atoms with Crippen LogP contribution in [0, 0.1) is 17.2 Å². The predicted molar refractivity (Wildman–Crippen MR) is 137 cm³/mol. The van der Waals surface area contributed by atoms with E-state index in [9.17, 15) is 14.9 Å². The fourth-order valence-corrected chi connectivity index (χ4v) is 6.16. The lowest BCUT2D eigenvalue weighted by molar-refractivity contribution is -0.139. The van der Waals surface area contributed by atoms with Crippen LogP contribution in [0.1, 0.15) is 18.4 Å². The number of ether oxygens (including phenoxy) is 1. The molecule has 0 spiro atoms. The lowest BCUT2D eigenvalue weighted by Gasteiger charge is -2.39. The number of benzene rings is 2. The van der Waals surface area contributed by atoms with Crippen LogP contribution in [0.25, 0.3) is 16.9 Å². The Morgan fingerprint density at radius 1 is 1.22 bits per heavy atom. The van der Waals surface area contributed by atoms with Gasteiger partial charge in [-0.25, -0.2) is 9.48 Å². The molecule has 0 bridgehead atoms. The molecule has 1 aromatic heterocycles. The monoisotopic (exact) mass is 519 g/mol. The molecular formula is C26H22ClN5O3S. The molecule has 0 saturated carbocycles. The number of aromatic nitrogens is 2. The molecule has 2 N–H and O–H groups in total. The highest BCUT2D eigenvalue weighted by Gasteiger charge is 2.51. The second-order valence-corrected chi connectivity index (χ2v) is 9.60. The van der Waals surface area contributed by atoms with Gasteiger partial charge in [0.25, 0.3) is 0 Å². The average molecular weight is 520 g/mol. The molecule has 36 heavy (non-hydrogen) atoms. The number of amides is 1. The number of carbonyl (C=O) groups is 2. The van der Waals surface area contributed by atoms with Gasteiger partial charge in [0.1, 0.15) is 11.3 Å². The molecule has 1 fully saturated rings. The quantitative estimate of drug-likeness (QED) is 0.505. The van der Waals surface area contributed by atoms with Crippen molar-refractivity contribution in [2.75, 3.05) is 12.4 Å². The van der Waals surface area contributed by atoms with E-state index in [4.69, 9.17) is 27.2 Å². The van der Waals surface area contributed by atoms with Crippen molar-refractivity contribution in [1.29, 1.82) is 5.26 Å². The van der Waals surface area contributed by atoms with E-state index in [2.05, 4.69) is 6.07 Å². The van der Waals surface area contributed by atoms with Gasteiger partial charge in [-0.05, 0) is 19.1 Å². The lowest BCUT2D eigenvalue weighted by atomic mass is 9.76. The summed E-state index contributed by atoms with van der Waals surface area (Å²) in [4.78, 5) is 27.4. The molecule has 3 heterocycles. The summed E-state index contributed by atoms with van der Waals surface area (Å²) in [6, 6.07) is 21.0. The minimum atomic E-state index is -0.968. The van der Waals surface area contributed by atoms with Gasteiger partial charge in [-0.3, -0.25) is 9.69 Å². The summed E-state index contributed by atoms with van der Waals surface area (Å²) in [7, 11) is 0. The van der Waals surface area contributed by atoms with Crippen molar-refractivity contribution in [3.63, 3.8) is 0 Å². The van der Waals surface area contributed by atoms with Crippen LogP contribution in [0.15, 0.2) is 71.3 Å². The van der Waals surface area contributed by atoms with Gasteiger partial charge >= 0.3 is 5.97 Å². The summed E-state index contributed by atoms with van der Waals surface area (Å²) < 4.78 is 7.00. The molecule has 0 aliphatic carbocycles. The number of hydrogen-bond acceptors (Lipinski definition) is 7. The van der Waals surface area contributed by atoms with Crippen LogP contribution < -0.4 is 5.73 Å². The van der Waals surface area contributed by atoms with Crippen LogP contribution in [-0.2, 0) is 14.3 Å². The minimum absolute atomic E-state index is 0.124. The van der Waals surface area contributed by atoms with Gasteiger partial charge in [-0.2, -0.15) is 10.4 Å². The zero-order chi connectivity index (χ0) is 25.4. The zero-order valence-electron chi connectivity index (χ0n) is 19.3. The number of nitrogens with zero attached hydrogens (tertiary/aromatic N) is 4. The van der Waals surface area contributed by atoms with Gasteiger partial charge in [0, 0.05) is 17.0 Å². The maximum absolute atomic E-state index is 13.4. The van der Waals surface area contributed by atoms with Crippen molar-refractivity contribution < 1.29 is 14.3 Å². The van der Waals surface area contributed by atoms with E-state index >= 15 is 0 Å². The Hall–Kier alpha value is -3.58. The molecule has 2 aromatic carbocycles. The summed E-state index contributed by atoms with van der Waals surface area (Å²) in [5, 5.41) is 15.8. The van der Waals surface area contributed by atoms with E-state index < -0.39 is 24.0 Å². The van der Waals surface area contributed by atoms with E-state index in [1.165, 1.54) is 16.7 Å². The molecule has 0 radical (unpaired) electrons. The Bertz CT molecular complexity index is 1400. The van der Waals surface area contributed by atoms with Crippen LogP contribution in [-0.4, -0.2) is 45.1 Å². The van der Waals surface area contributed by atoms with Crippen LogP contribution in [0.3, 0.4) is 0 Å². The molecule has 3 aromatic rings. The maximum atomic E-state index is 13.4. The van der Waals surface area contributed by atoms with E-state index in [0.29, 0.717) is 16.3 Å². The van der Waals surface area contributed by atoms with E-state index in [1.54, 1.807) is 11.6 Å². The molecule has 2 aliphatic heterocycles. The van der Waals surface area contributed by atoms with Gasteiger partial charge in [0.2, 0.25) is 5.91 Å². The standard InChI is InChI=1S/C26H22ClN5O3S/c1-2-35-26(34)21-19(17(13-28)24(29)31-18(33)14-36-25(21)31)20-22(15-9-5-3-6-10-15)30-32(23(20)27)16-11-7-4-8-12-16/h3-12,17,19,24H,2,14,29H2,1H3. The largest absolute Gasteiger partial charge is 0.463 e. The smallest absolute Gasteiger partial charge is 0.337 e. The maximum Gasteiger partial charge on any atom is 0.337 e. The number of rotatable bonds is 5. The SMILES string of the molecule is CCOC(=O)C1=C2SCC(=O)N2C(N)C(C#N)C1c1c(-c2ccccc2)nn(-c2ccccc2)c1Cl. The van der Waals surface area contributed by atoms with Crippen molar-refractivity contribution in [2.24, 2.45) is 11.7 Å². The second-order valence-electron chi connectivity index (χ2n) is 8.28. The molecule has 10 heteroatoms. The van der Waals surface area contributed by atoms with E-state index in [1.807, 2.05) is 60.7 Å². The van der Waals surface area contributed by atoms with Crippen LogP contribution >= 0.6 is 23.4 Å². The van der Waals surface area contributed by atoms with Gasteiger partial charge in [-0.1, -0.05) is 71.9 Å². The molecule has 2 aliphatic rings. The van der Waals surface area contributed by atoms with Gasteiger partial charge < -0.3 is 10.5 Å². The van der Waals surface area contributed by atoms with Gasteiger partial charge in [0.15, 0.2) is 0 Å². The number of esters is 1. The number of hydrogen-bond donors (Lipinski definition) is 1. The lowest BCUT2D eigenvalue weighted by Crippen LogP contribution is -2.53. The van der Waals surface area contributed by atoms with Gasteiger partial charge in [0.05, 0.1) is 46.3 Å². The number of thioether (sulfide) groups is 1. The Morgan fingerprint density at radius 2 is 1.89 bits per heavy atom. The molecule has 3 unspecified atom stereocenters. The summed E-state index contributed by atoms with van der Waals surface area (Å²) in [6.07, 6.45) is -0.963. The average Bonchev–Trinajstić information content (AvgIpc) is 3.45. The Labute approximate surface area is 217 Å². The van der Waals surface area contributed by atoms with Crippen molar-refractivity contribution >= 4 is 35.2 Å². The third-order valence-corrected chi connectivity index (χ3v) is 7.70. The summed E-state index contributed by atoms with van der Waals surface area (Å²) >= 11 is 8.24. The van der Waals surface area contributed by atoms with E-state index in [-0.39, 0.29) is 29.0 Å². The highest BCUT2D eigenvalue weighted by molar-refractivity contribution is 8.04. The molecule has 182 valence electrons. The van der Waals surface area contributed by atoms with Crippen LogP contribution in [0.4, 0.5) is 0 Å². The number of para-hydroxylation sites is 1. The number of nitrogens with two attached hydrogens (primary N) is 1. The van der Waals surface area contributed by atoms with Crippen molar-refractivity contribution in [2.45, 2.75) is 19.0 Å². The summed E-state index contributed by atoms with van der Waals surface area (Å²) in [5.41, 5.74) is 9.19. The molecular weight excluding hydrogens is 498 g/mol. The van der Waals surface area contributed by atoms with Crippen molar-refractivity contribution in [1.82, 2.24) is 14.7 Å².